The molecule has 3 rings (SSSR count). The van der Waals surface area contributed by atoms with Crippen LogP contribution in [0.4, 0.5) is 0 Å². The Morgan fingerprint density at radius 1 is 1.12 bits per heavy atom. The summed E-state index contributed by atoms with van der Waals surface area (Å²) in [5.74, 6) is 1.94. The molecule has 0 amide bonds. The molecule has 1 N–H and O–H groups in total. The molecule has 26 heavy (non-hydrogen) atoms. The number of ether oxygens (including phenoxy) is 3. The Hall–Kier alpha value is -2.28. The van der Waals surface area contributed by atoms with Crippen LogP contribution in [-0.4, -0.2) is 43.7 Å². The summed E-state index contributed by atoms with van der Waals surface area (Å²) >= 11 is 5.57. The summed E-state index contributed by atoms with van der Waals surface area (Å²) in [7, 11) is 4.76. The van der Waals surface area contributed by atoms with Gasteiger partial charge in [-0.05, 0) is 38.0 Å². The monoisotopic (exact) mass is 376 g/mol. The van der Waals surface area contributed by atoms with Crippen LogP contribution < -0.4 is 19.5 Å². The Balaban J connectivity index is 2.19. The lowest BCUT2D eigenvalue weighted by Crippen LogP contribution is -2.49. The third-order valence-electron chi connectivity index (χ3n) is 4.92. The first-order chi connectivity index (χ1) is 12.5. The number of hydrogen-bond donors (Lipinski definition) is 1. The molecular formula is C19H24N2O4S. The van der Waals surface area contributed by atoms with Crippen molar-refractivity contribution in [2.75, 3.05) is 27.9 Å². The third kappa shape index (κ3) is 3.00. The number of nitrogens with zero attached hydrogens (tertiary/aromatic N) is 1. The van der Waals surface area contributed by atoms with Crippen molar-refractivity contribution in [3.8, 4) is 17.2 Å². The van der Waals surface area contributed by atoms with E-state index >= 15 is 0 Å². The summed E-state index contributed by atoms with van der Waals surface area (Å²) in [5.41, 5.74) is 2.61. The molecule has 0 saturated heterocycles. The SMILES string of the molecule is CCN1C(=S)NC(c2cc(OC)c(OC)cc2OC)C2=C1CCCC2=O. The average molecular weight is 376 g/mol. The van der Waals surface area contributed by atoms with Crippen LogP contribution in [0.2, 0.25) is 0 Å². The summed E-state index contributed by atoms with van der Waals surface area (Å²) < 4.78 is 16.4. The van der Waals surface area contributed by atoms with E-state index < -0.39 is 0 Å². The van der Waals surface area contributed by atoms with Crippen LogP contribution in [0.5, 0.6) is 17.2 Å². The topological polar surface area (TPSA) is 60.0 Å². The summed E-state index contributed by atoms with van der Waals surface area (Å²) in [6.07, 6.45) is 2.26. The van der Waals surface area contributed by atoms with E-state index in [0.717, 1.165) is 36.2 Å². The second-order valence-corrected chi connectivity index (χ2v) is 6.60. The average Bonchev–Trinajstić information content (AvgIpc) is 2.66. The molecule has 0 spiro atoms. The maximum absolute atomic E-state index is 12.8. The van der Waals surface area contributed by atoms with Gasteiger partial charge in [0.25, 0.3) is 0 Å². The lowest BCUT2D eigenvalue weighted by atomic mass is 9.84. The van der Waals surface area contributed by atoms with Crippen LogP contribution in [0.3, 0.4) is 0 Å². The van der Waals surface area contributed by atoms with E-state index in [0.29, 0.717) is 28.8 Å². The lowest BCUT2D eigenvalue weighted by molar-refractivity contribution is -0.116. The van der Waals surface area contributed by atoms with Gasteiger partial charge in [0.1, 0.15) is 5.75 Å². The molecule has 0 aromatic heterocycles. The standard InChI is InChI=1S/C19H24N2O4S/c1-5-21-12-7-6-8-13(22)17(12)18(20-19(21)26)11-9-15(24-3)16(25-4)10-14(11)23-2/h9-10,18H,5-8H2,1-4H3,(H,20,26). The van der Waals surface area contributed by atoms with Crippen molar-refractivity contribution in [1.29, 1.82) is 0 Å². The minimum atomic E-state index is -0.358. The molecule has 1 atom stereocenters. The van der Waals surface area contributed by atoms with Gasteiger partial charge in [-0.1, -0.05) is 0 Å². The molecule has 0 radical (unpaired) electrons. The van der Waals surface area contributed by atoms with Gasteiger partial charge in [-0.25, -0.2) is 0 Å². The molecule has 0 fully saturated rings. The van der Waals surface area contributed by atoms with Crippen molar-refractivity contribution in [2.45, 2.75) is 32.2 Å². The Bertz CT molecular complexity index is 775. The zero-order valence-corrected chi connectivity index (χ0v) is 16.4. The zero-order valence-electron chi connectivity index (χ0n) is 15.5. The van der Waals surface area contributed by atoms with E-state index in [1.807, 2.05) is 17.9 Å². The van der Waals surface area contributed by atoms with Crippen molar-refractivity contribution in [3.05, 3.63) is 29.0 Å². The minimum absolute atomic E-state index is 0.154. The quantitative estimate of drug-likeness (QED) is 0.793. The fourth-order valence-corrected chi connectivity index (χ4v) is 4.05. The van der Waals surface area contributed by atoms with Gasteiger partial charge in [-0.3, -0.25) is 4.79 Å². The summed E-state index contributed by atoms with van der Waals surface area (Å²) in [5, 5.41) is 3.96. The van der Waals surface area contributed by atoms with Crippen molar-refractivity contribution in [1.82, 2.24) is 10.2 Å². The van der Waals surface area contributed by atoms with Gasteiger partial charge in [-0.15, -0.1) is 0 Å². The number of carbonyl (C=O) groups excluding carboxylic acids is 1. The molecule has 0 saturated carbocycles. The molecule has 1 aliphatic heterocycles. The number of Topliss-reactive ketones (excluding diaryl/α,β-unsaturated/α-hetero) is 1. The van der Waals surface area contributed by atoms with Crippen LogP contribution in [0.1, 0.15) is 37.8 Å². The van der Waals surface area contributed by atoms with Gasteiger partial charge in [0.15, 0.2) is 22.4 Å². The molecule has 6 nitrogen and oxygen atoms in total. The molecule has 140 valence electrons. The molecule has 1 aliphatic carbocycles. The van der Waals surface area contributed by atoms with E-state index in [1.54, 1.807) is 27.4 Å². The highest BCUT2D eigenvalue weighted by Crippen LogP contribution is 2.43. The van der Waals surface area contributed by atoms with Crippen molar-refractivity contribution in [2.24, 2.45) is 0 Å². The Morgan fingerprint density at radius 3 is 2.38 bits per heavy atom. The fraction of sp³-hybridized carbons (Fsp3) is 0.474. The van der Waals surface area contributed by atoms with E-state index in [4.69, 9.17) is 26.4 Å². The molecule has 2 aliphatic rings. The molecule has 0 bridgehead atoms. The Labute approximate surface area is 159 Å². The highest BCUT2D eigenvalue weighted by atomic mass is 32.1. The predicted molar refractivity (Wildman–Crippen MR) is 103 cm³/mol. The van der Waals surface area contributed by atoms with E-state index in [1.165, 1.54) is 0 Å². The summed E-state index contributed by atoms with van der Waals surface area (Å²) in [6.45, 7) is 2.77. The second kappa shape index (κ2) is 7.53. The smallest absolute Gasteiger partial charge is 0.173 e. The number of nitrogens with one attached hydrogen (secondary N) is 1. The first-order valence-corrected chi connectivity index (χ1v) is 9.10. The lowest BCUT2D eigenvalue weighted by Gasteiger charge is -2.40. The van der Waals surface area contributed by atoms with Crippen LogP contribution in [0.25, 0.3) is 0 Å². The molecular weight excluding hydrogens is 352 g/mol. The molecule has 1 aromatic rings. The van der Waals surface area contributed by atoms with Crippen LogP contribution in [0.15, 0.2) is 23.4 Å². The predicted octanol–water partition coefficient (Wildman–Crippen LogP) is 2.97. The molecule has 1 unspecified atom stereocenters. The first-order valence-electron chi connectivity index (χ1n) is 8.69. The first kappa shape index (κ1) is 18.5. The highest BCUT2D eigenvalue weighted by molar-refractivity contribution is 7.80. The maximum atomic E-state index is 12.8. The minimum Gasteiger partial charge on any atom is -0.496 e. The van der Waals surface area contributed by atoms with E-state index in [-0.39, 0.29) is 11.8 Å². The number of ketones is 1. The largest absolute Gasteiger partial charge is 0.496 e. The van der Waals surface area contributed by atoms with Crippen molar-refractivity contribution in [3.63, 3.8) is 0 Å². The van der Waals surface area contributed by atoms with Crippen molar-refractivity contribution >= 4 is 23.1 Å². The van der Waals surface area contributed by atoms with Gasteiger partial charge < -0.3 is 24.4 Å². The van der Waals surface area contributed by atoms with E-state index in [2.05, 4.69) is 5.32 Å². The van der Waals surface area contributed by atoms with Gasteiger partial charge in [0, 0.05) is 35.9 Å². The van der Waals surface area contributed by atoms with Crippen LogP contribution >= 0.6 is 12.2 Å². The number of thiocarbonyl (C=S) groups is 1. The van der Waals surface area contributed by atoms with Crippen molar-refractivity contribution < 1.29 is 19.0 Å². The molecule has 7 heteroatoms. The highest BCUT2D eigenvalue weighted by Gasteiger charge is 2.38. The Kier molecular flexibility index (Phi) is 5.36. The van der Waals surface area contributed by atoms with Gasteiger partial charge in [0.2, 0.25) is 0 Å². The normalized spacial score (nSPS) is 19.8. The molecule has 1 heterocycles. The fourth-order valence-electron chi connectivity index (χ4n) is 3.70. The number of allylic oxidation sites excluding steroid dienone is 1. The van der Waals surface area contributed by atoms with Gasteiger partial charge in [0.05, 0.1) is 27.4 Å². The summed E-state index contributed by atoms with van der Waals surface area (Å²) in [6, 6.07) is 3.27. The molecule has 1 aromatic carbocycles. The number of methoxy groups -OCH3 is 3. The van der Waals surface area contributed by atoms with Gasteiger partial charge >= 0.3 is 0 Å². The summed E-state index contributed by atoms with van der Waals surface area (Å²) in [4.78, 5) is 14.8. The third-order valence-corrected chi connectivity index (χ3v) is 5.26. The van der Waals surface area contributed by atoms with Crippen LogP contribution in [-0.2, 0) is 4.79 Å². The number of benzene rings is 1. The number of hydrogen-bond acceptors (Lipinski definition) is 5. The number of carbonyl (C=O) groups is 1. The Morgan fingerprint density at radius 2 is 1.77 bits per heavy atom. The van der Waals surface area contributed by atoms with Gasteiger partial charge in [-0.2, -0.15) is 0 Å². The van der Waals surface area contributed by atoms with E-state index in [9.17, 15) is 4.79 Å². The van der Waals surface area contributed by atoms with Crippen LogP contribution in [0, 0.1) is 0 Å². The number of rotatable bonds is 5. The maximum Gasteiger partial charge on any atom is 0.173 e. The zero-order chi connectivity index (χ0) is 18.8. The second-order valence-electron chi connectivity index (χ2n) is 6.21.